The summed E-state index contributed by atoms with van der Waals surface area (Å²) in [6.07, 6.45) is 0. The highest BCUT2D eigenvalue weighted by Crippen LogP contribution is 2.17. The van der Waals surface area contributed by atoms with E-state index >= 15 is 0 Å². The van der Waals surface area contributed by atoms with E-state index in [0.717, 1.165) is 23.1 Å². The van der Waals surface area contributed by atoms with Gasteiger partial charge in [0.2, 0.25) is 11.2 Å². The third-order valence-corrected chi connectivity index (χ3v) is 3.54. The van der Waals surface area contributed by atoms with Gasteiger partial charge >= 0.3 is 6.01 Å². The second-order valence-corrected chi connectivity index (χ2v) is 5.53. The Morgan fingerprint density at radius 3 is 2.62 bits per heavy atom. The summed E-state index contributed by atoms with van der Waals surface area (Å²) in [5, 5.41) is 0.135. The van der Waals surface area contributed by atoms with E-state index in [2.05, 4.69) is 30.9 Å². The van der Waals surface area contributed by atoms with E-state index in [1.807, 2.05) is 43.0 Å². The minimum atomic E-state index is 0.135. The smallest absolute Gasteiger partial charge is 0.322 e. The molecule has 0 bridgehead atoms. The summed E-state index contributed by atoms with van der Waals surface area (Å²) in [4.78, 5) is 14.4. The second-order valence-electron chi connectivity index (χ2n) is 4.28. The highest BCUT2D eigenvalue weighted by Gasteiger charge is 2.11. The Hall–Kier alpha value is -1.40. The van der Waals surface area contributed by atoms with E-state index in [0.29, 0.717) is 12.6 Å². The maximum atomic E-state index is 5.94. The predicted octanol–water partition coefficient (Wildman–Crippen LogP) is 3.71. The molecule has 2 rings (SSSR count). The molecular weight excluding hydrogens is 356 g/mol. The molecule has 1 heterocycles. The standard InChI is InChI=1S/C14H16BrClN4O/c1-3-20(4-2)13-17-12(16)18-14(19-13)21-9-10-6-5-7-11(15)8-10/h5-8H,3-4,9H2,1-2H3. The van der Waals surface area contributed by atoms with E-state index in [9.17, 15) is 0 Å². The van der Waals surface area contributed by atoms with Crippen molar-refractivity contribution in [1.82, 2.24) is 15.0 Å². The number of hydrogen-bond donors (Lipinski definition) is 0. The summed E-state index contributed by atoms with van der Waals surface area (Å²) < 4.78 is 6.61. The first-order valence-electron chi connectivity index (χ1n) is 6.66. The highest BCUT2D eigenvalue weighted by molar-refractivity contribution is 9.10. The van der Waals surface area contributed by atoms with Crippen LogP contribution in [-0.2, 0) is 6.61 Å². The van der Waals surface area contributed by atoms with E-state index in [4.69, 9.17) is 16.3 Å². The van der Waals surface area contributed by atoms with Crippen LogP contribution >= 0.6 is 27.5 Å². The maximum Gasteiger partial charge on any atom is 0.322 e. The van der Waals surface area contributed by atoms with Gasteiger partial charge in [0.05, 0.1) is 0 Å². The fraction of sp³-hybridized carbons (Fsp3) is 0.357. The average Bonchev–Trinajstić information content (AvgIpc) is 2.46. The van der Waals surface area contributed by atoms with Crippen molar-refractivity contribution in [3.8, 4) is 6.01 Å². The Kier molecular flexibility index (Phi) is 5.76. The molecule has 0 aliphatic heterocycles. The Bertz CT molecular complexity index is 607. The number of hydrogen-bond acceptors (Lipinski definition) is 5. The molecule has 0 aliphatic rings. The first-order chi connectivity index (χ1) is 10.1. The van der Waals surface area contributed by atoms with Gasteiger partial charge in [0.15, 0.2) is 0 Å². The molecule has 112 valence electrons. The first-order valence-corrected chi connectivity index (χ1v) is 7.83. The van der Waals surface area contributed by atoms with Crippen molar-refractivity contribution in [3.05, 3.63) is 39.6 Å². The Morgan fingerprint density at radius 2 is 1.95 bits per heavy atom. The lowest BCUT2D eigenvalue weighted by molar-refractivity contribution is 0.279. The van der Waals surface area contributed by atoms with Crippen molar-refractivity contribution in [2.24, 2.45) is 0 Å². The molecule has 1 aromatic carbocycles. The summed E-state index contributed by atoms with van der Waals surface area (Å²) in [5.74, 6) is 0.532. The van der Waals surface area contributed by atoms with Gasteiger partial charge in [-0.1, -0.05) is 28.1 Å². The van der Waals surface area contributed by atoms with Crippen molar-refractivity contribution in [2.75, 3.05) is 18.0 Å². The second kappa shape index (κ2) is 7.56. The van der Waals surface area contributed by atoms with Crippen molar-refractivity contribution >= 4 is 33.5 Å². The molecular formula is C14H16BrClN4O. The van der Waals surface area contributed by atoms with Gasteiger partial charge in [-0.2, -0.15) is 15.0 Å². The van der Waals surface area contributed by atoms with Crippen molar-refractivity contribution in [1.29, 1.82) is 0 Å². The van der Waals surface area contributed by atoms with Crippen molar-refractivity contribution in [3.63, 3.8) is 0 Å². The monoisotopic (exact) mass is 370 g/mol. The van der Waals surface area contributed by atoms with E-state index < -0.39 is 0 Å². The van der Waals surface area contributed by atoms with Crippen LogP contribution in [0.1, 0.15) is 19.4 Å². The number of ether oxygens (including phenoxy) is 1. The highest BCUT2D eigenvalue weighted by atomic mass is 79.9. The van der Waals surface area contributed by atoms with Crippen LogP contribution in [0.15, 0.2) is 28.7 Å². The number of anilines is 1. The summed E-state index contributed by atoms with van der Waals surface area (Å²) in [6.45, 7) is 6.02. The molecule has 0 spiro atoms. The Balaban J connectivity index is 2.13. The minimum absolute atomic E-state index is 0.135. The van der Waals surface area contributed by atoms with Crippen LogP contribution < -0.4 is 9.64 Å². The normalized spacial score (nSPS) is 10.5. The first kappa shape index (κ1) is 16.0. The predicted molar refractivity (Wildman–Crippen MR) is 86.9 cm³/mol. The fourth-order valence-corrected chi connectivity index (χ4v) is 2.40. The summed E-state index contributed by atoms with van der Waals surface area (Å²) in [6, 6.07) is 8.09. The molecule has 7 heteroatoms. The minimum Gasteiger partial charge on any atom is -0.458 e. The summed E-state index contributed by atoms with van der Waals surface area (Å²) in [7, 11) is 0. The summed E-state index contributed by atoms with van der Waals surface area (Å²) in [5.41, 5.74) is 1.02. The van der Waals surface area contributed by atoms with Gasteiger partial charge in [-0.05, 0) is 43.1 Å². The zero-order valence-corrected chi connectivity index (χ0v) is 14.2. The van der Waals surface area contributed by atoms with Gasteiger partial charge in [0.25, 0.3) is 0 Å². The third-order valence-electron chi connectivity index (χ3n) is 2.88. The number of nitrogens with zero attached hydrogens (tertiary/aromatic N) is 4. The molecule has 0 unspecified atom stereocenters. The van der Waals surface area contributed by atoms with Gasteiger partial charge in [-0.15, -0.1) is 0 Å². The van der Waals surface area contributed by atoms with Crippen LogP contribution in [0.4, 0.5) is 5.95 Å². The lowest BCUT2D eigenvalue weighted by Crippen LogP contribution is -2.24. The number of rotatable bonds is 6. The van der Waals surface area contributed by atoms with E-state index in [1.54, 1.807) is 0 Å². The van der Waals surface area contributed by atoms with Crippen LogP contribution in [0.5, 0.6) is 6.01 Å². The molecule has 5 nitrogen and oxygen atoms in total. The molecule has 0 radical (unpaired) electrons. The van der Waals surface area contributed by atoms with Crippen LogP contribution in [0.25, 0.3) is 0 Å². The molecule has 0 amide bonds. The van der Waals surface area contributed by atoms with Crippen LogP contribution in [0.2, 0.25) is 5.28 Å². The van der Waals surface area contributed by atoms with E-state index in [-0.39, 0.29) is 11.3 Å². The number of halogens is 2. The van der Waals surface area contributed by atoms with Crippen molar-refractivity contribution in [2.45, 2.75) is 20.5 Å². The third kappa shape index (κ3) is 4.54. The topological polar surface area (TPSA) is 51.1 Å². The molecule has 0 saturated heterocycles. The molecule has 21 heavy (non-hydrogen) atoms. The zero-order chi connectivity index (χ0) is 15.2. The number of benzene rings is 1. The summed E-state index contributed by atoms with van der Waals surface area (Å²) >= 11 is 9.36. The lowest BCUT2D eigenvalue weighted by atomic mass is 10.2. The van der Waals surface area contributed by atoms with Gasteiger partial charge in [-0.25, -0.2) is 0 Å². The van der Waals surface area contributed by atoms with Crippen LogP contribution in [0.3, 0.4) is 0 Å². The molecule has 1 aromatic heterocycles. The maximum absolute atomic E-state index is 5.94. The fourth-order valence-electron chi connectivity index (χ4n) is 1.81. The molecule has 0 saturated carbocycles. The Morgan fingerprint density at radius 1 is 1.19 bits per heavy atom. The molecule has 0 fully saturated rings. The van der Waals surface area contributed by atoms with Crippen LogP contribution in [-0.4, -0.2) is 28.0 Å². The average molecular weight is 372 g/mol. The molecule has 2 aromatic rings. The van der Waals surface area contributed by atoms with Gasteiger partial charge in [0.1, 0.15) is 6.61 Å². The van der Waals surface area contributed by atoms with Crippen LogP contribution in [0, 0.1) is 0 Å². The van der Waals surface area contributed by atoms with Gasteiger partial charge in [0, 0.05) is 17.6 Å². The quantitative estimate of drug-likeness (QED) is 0.774. The zero-order valence-electron chi connectivity index (χ0n) is 11.9. The Labute approximate surface area is 137 Å². The van der Waals surface area contributed by atoms with Gasteiger partial charge in [-0.3, -0.25) is 0 Å². The van der Waals surface area contributed by atoms with E-state index in [1.165, 1.54) is 0 Å². The van der Waals surface area contributed by atoms with Gasteiger partial charge < -0.3 is 9.64 Å². The molecule has 0 atom stereocenters. The number of aromatic nitrogens is 3. The lowest BCUT2D eigenvalue weighted by Gasteiger charge is -2.18. The molecule has 0 N–H and O–H groups in total. The largest absolute Gasteiger partial charge is 0.458 e. The molecule has 0 aliphatic carbocycles. The SMILES string of the molecule is CCN(CC)c1nc(Cl)nc(OCc2cccc(Br)c2)n1. The van der Waals surface area contributed by atoms with Crippen molar-refractivity contribution < 1.29 is 4.74 Å².